The lowest BCUT2D eigenvalue weighted by atomic mass is 9.98. The van der Waals surface area contributed by atoms with Gasteiger partial charge < -0.3 is 20.5 Å². The summed E-state index contributed by atoms with van der Waals surface area (Å²) in [6, 6.07) is 8.75. The first-order valence-corrected chi connectivity index (χ1v) is 11.5. The number of esters is 1. The summed E-state index contributed by atoms with van der Waals surface area (Å²) < 4.78 is 5.22. The molecule has 7 nitrogen and oxygen atoms in total. The van der Waals surface area contributed by atoms with Crippen molar-refractivity contribution < 1.29 is 24.2 Å². The first kappa shape index (κ1) is 28.1. The van der Waals surface area contributed by atoms with E-state index in [1.54, 1.807) is 13.0 Å². The van der Waals surface area contributed by atoms with E-state index in [1.165, 1.54) is 0 Å². The van der Waals surface area contributed by atoms with Crippen molar-refractivity contribution in [2.24, 2.45) is 5.92 Å². The molecule has 182 valence electrons. The van der Waals surface area contributed by atoms with Gasteiger partial charge in [-0.25, -0.2) is 0 Å². The number of carbonyl (C=O) groups excluding carboxylic acids is 3. The first-order valence-electron chi connectivity index (χ1n) is 11.5. The number of aliphatic hydroxyl groups excluding tert-OH is 1. The molecular weight excluding hydrogens is 420 g/mol. The highest BCUT2D eigenvalue weighted by molar-refractivity contribution is 5.86. The largest absolute Gasteiger partial charge is 0.464 e. The Kier molecular flexibility index (Phi) is 14.2. The summed E-state index contributed by atoms with van der Waals surface area (Å²) in [5.74, 6) is -1.51. The standard InChI is InChI=1S/C26H38N2O5/c1-4-6-7-11-15-25(31)33-19-20(3)27-26(32)22(12-5-2)17-24(30)28-23(18-29)16-21-13-9-8-10-14-21/h4-5,8-10,13-14,20,22-23,29H,1-2,6-7,11-12,15-19H2,3H3,(H,27,32)(H,28,30). The lowest BCUT2D eigenvalue weighted by molar-refractivity contribution is -0.145. The molecule has 0 aliphatic carbocycles. The van der Waals surface area contributed by atoms with Crippen molar-refractivity contribution in [3.8, 4) is 0 Å². The third-order valence-electron chi connectivity index (χ3n) is 5.09. The van der Waals surface area contributed by atoms with Gasteiger partial charge in [-0.2, -0.15) is 0 Å². The monoisotopic (exact) mass is 458 g/mol. The highest BCUT2D eigenvalue weighted by Gasteiger charge is 2.23. The minimum Gasteiger partial charge on any atom is -0.464 e. The predicted molar refractivity (Wildman–Crippen MR) is 129 cm³/mol. The quantitative estimate of drug-likeness (QED) is 0.189. The van der Waals surface area contributed by atoms with Gasteiger partial charge in [0.05, 0.1) is 24.6 Å². The van der Waals surface area contributed by atoms with Crippen molar-refractivity contribution in [2.75, 3.05) is 13.2 Å². The first-order chi connectivity index (χ1) is 15.9. The molecule has 0 spiro atoms. The number of unbranched alkanes of at least 4 members (excludes halogenated alkanes) is 2. The number of ether oxygens (including phenoxy) is 1. The number of rotatable bonds is 17. The minimum atomic E-state index is -0.601. The molecule has 0 aliphatic rings. The molecule has 0 aromatic heterocycles. The van der Waals surface area contributed by atoms with Crippen LogP contribution in [-0.4, -0.2) is 48.2 Å². The molecule has 0 fully saturated rings. The molecule has 3 N–H and O–H groups in total. The maximum Gasteiger partial charge on any atom is 0.305 e. The molecule has 7 heteroatoms. The summed E-state index contributed by atoms with van der Waals surface area (Å²) in [4.78, 5) is 37.0. The fraction of sp³-hybridized carbons (Fsp3) is 0.500. The zero-order chi connectivity index (χ0) is 24.5. The molecule has 1 rings (SSSR count). The van der Waals surface area contributed by atoms with Crippen molar-refractivity contribution in [3.05, 3.63) is 61.2 Å². The molecule has 1 aromatic rings. The van der Waals surface area contributed by atoms with Gasteiger partial charge in [-0.05, 0) is 44.6 Å². The Balaban J connectivity index is 2.48. The Hall–Kier alpha value is -2.93. The molecule has 3 unspecified atom stereocenters. The van der Waals surface area contributed by atoms with E-state index in [1.807, 2.05) is 36.4 Å². The second kappa shape index (κ2) is 16.7. The van der Waals surface area contributed by atoms with Crippen molar-refractivity contribution in [2.45, 2.75) is 64.0 Å². The lowest BCUT2D eigenvalue weighted by Crippen LogP contribution is -2.44. The Morgan fingerprint density at radius 3 is 2.45 bits per heavy atom. The van der Waals surface area contributed by atoms with Crippen LogP contribution in [-0.2, 0) is 25.5 Å². The Morgan fingerprint density at radius 1 is 1.09 bits per heavy atom. The topological polar surface area (TPSA) is 105 Å². The van der Waals surface area contributed by atoms with Gasteiger partial charge in [-0.15, -0.1) is 13.2 Å². The molecule has 3 atom stereocenters. The van der Waals surface area contributed by atoms with Crippen LogP contribution in [0.5, 0.6) is 0 Å². The van der Waals surface area contributed by atoms with E-state index in [-0.39, 0.29) is 43.5 Å². The number of hydrogen-bond donors (Lipinski definition) is 3. The van der Waals surface area contributed by atoms with Crippen LogP contribution in [0.25, 0.3) is 0 Å². The number of allylic oxidation sites excluding steroid dienone is 2. The summed E-state index contributed by atoms with van der Waals surface area (Å²) >= 11 is 0. The van der Waals surface area contributed by atoms with Crippen molar-refractivity contribution in [1.82, 2.24) is 10.6 Å². The molecule has 0 bridgehead atoms. The van der Waals surface area contributed by atoms with Gasteiger partial charge >= 0.3 is 5.97 Å². The SMILES string of the molecule is C=CCCCCC(=O)OCC(C)NC(=O)C(CC=C)CC(=O)NC(CO)Cc1ccccc1. The number of carbonyl (C=O) groups is 3. The van der Waals surface area contributed by atoms with Gasteiger partial charge in [0, 0.05) is 12.8 Å². The molecule has 0 heterocycles. The van der Waals surface area contributed by atoms with Crippen LogP contribution in [0.1, 0.15) is 51.0 Å². The number of benzene rings is 1. The summed E-state index contributed by atoms with van der Waals surface area (Å²) in [5, 5.41) is 15.2. The Morgan fingerprint density at radius 2 is 1.82 bits per heavy atom. The van der Waals surface area contributed by atoms with Gasteiger partial charge in [0.2, 0.25) is 11.8 Å². The molecule has 0 saturated heterocycles. The third-order valence-corrected chi connectivity index (χ3v) is 5.09. The molecule has 33 heavy (non-hydrogen) atoms. The third kappa shape index (κ3) is 12.6. The van der Waals surface area contributed by atoms with Gasteiger partial charge in [0.15, 0.2) is 0 Å². The average Bonchev–Trinajstić information content (AvgIpc) is 2.80. The molecule has 0 saturated carbocycles. The second-order valence-corrected chi connectivity index (χ2v) is 8.19. The van der Waals surface area contributed by atoms with Gasteiger partial charge in [-0.1, -0.05) is 42.5 Å². The Bertz CT molecular complexity index is 750. The van der Waals surface area contributed by atoms with E-state index < -0.39 is 12.0 Å². The van der Waals surface area contributed by atoms with Crippen LogP contribution in [0.15, 0.2) is 55.6 Å². The summed E-state index contributed by atoms with van der Waals surface area (Å²) in [6.07, 6.45) is 7.04. The van der Waals surface area contributed by atoms with Crippen LogP contribution in [0, 0.1) is 5.92 Å². The lowest BCUT2D eigenvalue weighted by Gasteiger charge is -2.21. The maximum atomic E-state index is 12.7. The van der Waals surface area contributed by atoms with Crippen LogP contribution in [0.2, 0.25) is 0 Å². The van der Waals surface area contributed by atoms with Gasteiger partial charge in [0.25, 0.3) is 0 Å². The van der Waals surface area contributed by atoms with Crippen molar-refractivity contribution in [3.63, 3.8) is 0 Å². The summed E-state index contributed by atoms with van der Waals surface area (Å²) in [7, 11) is 0. The smallest absolute Gasteiger partial charge is 0.305 e. The van der Waals surface area contributed by atoms with E-state index in [0.717, 1.165) is 24.8 Å². The number of aliphatic hydroxyl groups is 1. The number of hydrogen-bond acceptors (Lipinski definition) is 5. The van der Waals surface area contributed by atoms with Crippen LogP contribution < -0.4 is 10.6 Å². The molecule has 0 radical (unpaired) electrons. The predicted octanol–water partition coefficient (Wildman–Crippen LogP) is 3.08. The molecule has 1 aromatic carbocycles. The Labute approximate surface area is 197 Å². The van der Waals surface area contributed by atoms with E-state index in [9.17, 15) is 19.5 Å². The van der Waals surface area contributed by atoms with E-state index in [4.69, 9.17) is 4.74 Å². The highest BCUT2D eigenvalue weighted by atomic mass is 16.5. The van der Waals surface area contributed by atoms with E-state index in [0.29, 0.717) is 19.3 Å². The average molecular weight is 459 g/mol. The molecule has 0 aliphatic heterocycles. The maximum absolute atomic E-state index is 12.7. The minimum absolute atomic E-state index is 0.0288. The van der Waals surface area contributed by atoms with E-state index >= 15 is 0 Å². The zero-order valence-corrected chi connectivity index (χ0v) is 19.6. The van der Waals surface area contributed by atoms with Gasteiger partial charge in [-0.3, -0.25) is 14.4 Å². The molecular formula is C26H38N2O5. The normalized spacial score (nSPS) is 13.3. The van der Waals surface area contributed by atoms with Crippen molar-refractivity contribution in [1.29, 1.82) is 0 Å². The summed E-state index contributed by atoms with van der Waals surface area (Å²) in [5.41, 5.74) is 1.00. The van der Waals surface area contributed by atoms with E-state index in [2.05, 4.69) is 23.8 Å². The summed E-state index contributed by atoms with van der Waals surface area (Å²) in [6.45, 7) is 8.94. The van der Waals surface area contributed by atoms with Crippen LogP contribution in [0.3, 0.4) is 0 Å². The van der Waals surface area contributed by atoms with Crippen molar-refractivity contribution >= 4 is 17.8 Å². The fourth-order valence-corrected chi connectivity index (χ4v) is 3.30. The van der Waals surface area contributed by atoms with Crippen LogP contribution >= 0.6 is 0 Å². The second-order valence-electron chi connectivity index (χ2n) is 8.19. The zero-order valence-electron chi connectivity index (χ0n) is 19.6. The number of amides is 2. The fourth-order valence-electron chi connectivity index (χ4n) is 3.30. The number of nitrogens with one attached hydrogen (secondary N) is 2. The highest BCUT2D eigenvalue weighted by Crippen LogP contribution is 2.12. The van der Waals surface area contributed by atoms with Crippen LogP contribution in [0.4, 0.5) is 0 Å². The molecule has 2 amide bonds. The van der Waals surface area contributed by atoms with Gasteiger partial charge in [0.1, 0.15) is 6.61 Å².